The largest absolute Gasteiger partial charge is 0.204 e. The Labute approximate surface area is 153 Å². The predicted molar refractivity (Wildman–Crippen MR) is 90.2 cm³/mol. The molecular weight excluding hydrogens is 399 g/mol. The van der Waals surface area contributed by atoms with Crippen LogP contribution < -0.4 is 0 Å². The van der Waals surface area contributed by atoms with Gasteiger partial charge in [0.25, 0.3) is 0 Å². The molecule has 0 bridgehead atoms. The molecule has 0 nitrogen and oxygen atoms in total. The molecule has 0 aromatic heterocycles. The lowest BCUT2D eigenvalue weighted by Crippen LogP contribution is -2.06. The van der Waals surface area contributed by atoms with Gasteiger partial charge in [-0.05, 0) is 24.5 Å². The zero-order chi connectivity index (χ0) is 20.7. The highest BCUT2D eigenvalue weighted by Gasteiger charge is 2.29. The Bertz CT molecular complexity index is 759. The van der Waals surface area contributed by atoms with E-state index in [4.69, 9.17) is 0 Å². The minimum Gasteiger partial charge on any atom is -0.204 e. The molecule has 0 aliphatic carbocycles. The van der Waals surface area contributed by atoms with E-state index in [0.717, 1.165) is 0 Å². The van der Waals surface area contributed by atoms with E-state index in [1.54, 1.807) is 0 Å². The van der Waals surface area contributed by atoms with Gasteiger partial charge in [-0.25, -0.2) is 35.1 Å². The van der Waals surface area contributed by atoms with Crippen LogP contribution in [0.4, 0.5) is 35.1 Å². The number of hydrogen-bond donors (Lipinski definition) is 0. The van der Waals surface area contributed by atoms with E-state index in [1.165, 1.54) is 33.7 Å². The summed E-state index contributed by atoms with van der Waals surface area (Å²) >= 11 is 0. The topological polar surface area (TPSA) is 0 Å². The minimum atomic E-state index is -2.44. The van der Waals surface area contributed by atoms with Crippen molar-refractivity contribution in [3.05, 3.63) is 58.7 Å². The van der Waals surface area contributed by atoms with Crippen molar-refractivity contribution < 1.29 is 35.1 Å². The maximum Gasteiger partial charge on any atom is 0.200 e. The summed E-state index contributed by atoms with van der Waals surface area (Å²) in [6, 6.07) is 0.665. The molecule has 2 rings (SSSR count). The molecule has 9 heteroatoms. The number of benzene rings is 2. The van der Waals surface area contributed by atoms with Gasteiger partial charge in [0.1, 0.15) is 0 Å². The Morgan fingerprint density at radius 3 is 1.48 bits per heavy atom. The molecule has 2 aromatic carbocycles. The maximum atomic E-state index is 13.4. The van der Waals surface area contributed by atoms with Gasteiger partial charge in [0.2, 0.25) is 5.82 Å². The fraction of sp³-hybridized carbons (Fsp3) is 0.333. The molecule has 0 fully saturated rings. The van der Waals surface area contributed by atoms with Crippen LogP contribution in [0.25, 0.3) is 11.1 Å². The second-order valence-corrected chi connectivity index (χ2v) is 6.92. The molecule has 0 N–H and O–H groups in total. The van der Waals surface area contributed by atoms with Crippen LogP contribution in [0, 0.1) is 46.5 Å². The number of hydrogen-bond acceptors (Lipinski definition) is 0. The minimum absolute atomic E-state index is 0.297. The fourth-order valence-corrected chi connectivity index (χ4v) is 3.00. The van der Waals surface area contributed by atoms with Crippen LogP contribution in [0.15, 0.2) is 12.1 Å². The summed E-state index contributed by atoms with van der Waals surface area (Å²) in [5, 5.41) is 0. The molecular formula is C18H17F8P. The first-order valence-corrected chi connectivity index (χ1v) is 9.46. The van der Waals surface area contributed by atoms with E-state index in [1.807, 2.05) is 0 Å². The zero-order valence-corrected chi connectivity index (χ0v) is 15.5. The molecule has 27 heavy (non-hydrogen) atoms. The summed E-state index contributed by atoms with van der Waals surface area (Å²) < 4.78 is 105. The second kappa shape index (κ2) is 10.6. The molecule has 2 aromatic rings. The summed E-state index contributed by atoms with van der Waals surface area (Å²) in [7, 11) is 1.23. The van der Waals surface area contributed by atoms with Gasteiger partial charge in [0, 0.05) is 5.56 Å². The fourth-order valence-electron chi connectivity index (χ4n) is 2.04. The van der Waals surface area contributed by atoms with Crippen LogP contribution in [0.1, 0.15) is 26.7 Å². The lowest BCUT2D eigenvalue weighted by atomic mass is 10.0. The van der Waals surface area contributed by atoms with Crippen molar-refractivity contribution in [3.8, 4) is 11.1 Å². The van der Waals surface area contributed by atoms with E-state index in [0.29, 0.717) is 12.1 Å². The average Bonchev–Trinajstić information content (AvgIpc) is 2.66. The lowest BCUT2D eigenvalue weighted by Gasteiger charge is -2.09. The van der Waals surface area contributed by atoms with E-state index in [9.17, 15) is 35.1 Å². The van der Waals surface area contributed by atoms with Crippen molar-refractivity contribution in [2.45, 2.75) is 26.7 Å². The SMILES string of the molecule is CCCPCCC.Fc1ccc(-c2c(F)c(F)c(F)c(F)c2F)c(F)c1F. The zero-order valence-electron chi connectivity index (χ0n) is 14.5. The number of halogens is 8. The highest BCUT2D eigenvalue weighted by atomic mass is 31.1. The van der Waals surface area contributed by atoms with Crippen LogP contribution in [-0.2, 0) is 0 Å². The summed E-state index contributed by atoms with van der Waals surface area (Å²) in [4.78, 5) is 0. The molecule has 0 spiro atoms. The van der Waals surface area contributed by atoms with Crippen LogP contribution in [0.3, 0.4) is 0 Å². The van der Waals surface area contributed by atoms with Gasteiger partial charge in [0.05, 0.1) is 5.56 Å². The first-order valence-electron chi connectivity index (χ1n) is 8.04. The first kappa shape index (κ1) is 23.3. The first-order chi connectivity index (χ1) is 12.7. The second-order valence-electron chi connectivity index (χ2n) is 5.42. The molecule has 0 amide bonds. The Kier molecular flexibility index (Phi) is 9.16. The van der Waals surface area contributed by atoms with Crippen molar-refractivity contribution in [3.63, 3.8) is 0 Å². The predicted octanol–water partition coefficient (Wildman–Crippen LogP) is 6.95. The Morgan fingerprint density at radius 1 is 0.593 bits per heavy atom. The Balaban J connectivity index is 0.000000445. The monoisotopic (exact) mass is 416 g/mol. The Morgan fingerprint density at radius 2 is 1.04 bits per heavy atom. The number of rotatable bonds is 5. The molecule has 150 valence electrons. The highest BCUT2D eigenvalue weighted by Crippen LogP contribution is 2.34. The molecule has 0 aliphatic heterocycles. The van der Waals surface area contributed by atoms with E-state index in [2.05, 4.69) is 13.8 Å². The van der Waals surface area contributed by atoms with Gasteiger partial charge in [-0.3, -0.25) is 0 Å². The Hall–Kier alpha value is -1.69. The van der Waals surface area contributed by atoms with Crippen molar-refractivity contribution in [1.82, 2.24) is 0 Å². The quantitative estimate of drug-likeness (QED) is 0.163. The summed E-state index contributed by atoms with van der Waals surface area (Å²) in [5.41, 5.74) is -2.95. The molecule has 0 saturated heterocycles. The van der Waals surface area contributed by atoms with Crippen LogP contribution in [-0.4, -0.2) is 12.3 Å². The summed E-state index contributed by atoms with van der Waals surface area (Å²) in [6.07, 6.45) is 5.65. The van der Waals surface area contributed by atoms with E-state index in [-0.39, 0.29) is 0 Å². The van der Waals surface area contributed by atoms with Crippen molar-refractivity contribution in [2.75, 3.05) is 12.3 Å². The third-order valence-corrected chi connectivity index (χ3v) is 5.07. The molecule has 0 atom stereocenters. The average molecular weight is 416 g/mol. The molecule has 0 unspecified atom stereocenters. The van der Waals surface area contributed by atoms with Crippen LogP contribution >= 0.6 is 8.58 Å². The van der Waals surface area contributed by atoms with Gasteiger partial charge >= 0.3 is 0 Å². The molecule has 0 saturated carbocycles. The van der Waals surface area contributed by atoms with Crippen molar-refractivity contribution >= 4 is 8.58 Å². The van der Waals surface area contributed by atoms with Crippen molar-refractivity contribution in [2.24, 2.45) is 0 Å². The third kappa shape index (κ3) is 5.41. The van der Waals surface area contributed by atoms with Crippen molar-refractivity contribution in [1.29, 1.82) is 0 Å². The smallest absolute Gasteiger partial charge is 0.200 e. The van der Waals surface area contributed by atoms with Gasteiger partial charge < -0.3 is 0 Å². The van der Waals surface area contributed by atoms with Gasteiger partial charge in [-0.15, -0.1) is 8.58 Å². The lowest BCUT2D eigenvalue weighted by molar-refractivity contribution is 0.380. The summed E-state index contributed by atoms with van der Waals surface area (Å²) in [5.74, 6) is -17.6. The van der Waals surface area contributed by atoms with Gasteiger partial charge in [-0.1, -0.05) is 26.7 Å². The highest BCUT2D eigenvalue weighted by molar-refractivity contribution is 7.37. The molecule has 0 aliphatic rings. The van der Waals surface area contributed by atoms with Gasteiger partial charge in [0.15, 0.2) is 40.7 Å². The van der Waals surface area contributed by atoms with Crippen LogP contribution in [0.2, 0.25) is 0 Å². The standard InChI is InChI=1S/C12H2F8.C6H15P/c13-4-2-1-3(6(14)7(4)15)5-8(16)10(18)12(20)11(19)9(5)17;1-3-5-7-6-4-2/h1-2H;7H,3-6H2,1-2H3. The normalized spacial score (nSPS) is 10.6. The van der Waals surface area contributed by atoms with E-state index < -0.39 is 57.7 Å². The third-order valence-electron chi connectivity index (χ3n) is 3.37. The maximum absolute atomic E-state index is 13.4. The van der Waals surface area contributed by atoms with Gasteiger partial charge in [-0.2, -0.15) is 0 Å². The van der Waals surface area contributed by atoms with E-state index >= 15 is 0 Å². The van der Waals surface area contributed by atoms with Crippen LogP contribution in [0.5, 0.6) is 0 Å². The molecule has 0 heterocycles. The summed E-state index contributed by atoms with van der Waals surface area (Å²) in [6.45, 7) is 4.51. The molecule has 0 radical (unpaired) electrons.